The second kappa shape index (κ2) is 5.50. The molecule has 0 aliphatic heterocycles. The van der Waals surface area contributed by atoms with Crippen LogP contribution in [0.4, 0.5) is 5.95 Å². The number of nitrogen functional groups attached to an aromatic ring is 1. The van der Waals surface area contributed by atoms with Gasteiger partial charge in [-0.25, -0.2) is 0 Å². The number of para-hydroxylation sites is 1. The summed E-state index contributed by atoms with van der Waals surface area (Å²) in [5.41, 5.74) is 5.53. The van der Waals surface area contributed by atoms with Gasteiger partial charge >= 0.3 is 12.0 Å². The number of benzene rings is 1. The normalized spacial score (nSPS) is 10.1. The highest BCUT2D eigenvalue weighted by atomic mass is 35.5. The van der Waals surface area contributed by atoms with Crippen LogP contribution in [0.5, 0.6) is 17.8 Å². The number of ether oxygens (including phenoxy) is 2. The Hall–Kier alpha value is -2.08. The van der Waals surface area contributed by atoms with Gasteiger partial charge in [-0.1, -0.05) is 23.7 Å². The molecule has 0 bridgehead atoms. The van der Waals surface area contributed by atoms with Gasteiger partial charge in [0.2, 0.25) is 5.95 Å². The van der Waals surface area contributed by atoms with Crippen molar-refractivity contribution in [3.63, 3.8) is 0 Å². The molecule has 0 fully saturated rings. The zero-order valence-electron chi connectivity index (χ0n) is 9.63. The van der Waals surface area contributed by atoms with Crippen LogP contribution in [0.25, 0.3) is 0 Å². The summed E-state index contributed by atoms with van der Waals surface area (Å²) in [5.74, 6) is 0.461. The molecule has 0 aliphatic carbocycles. The van der Waals surface area contributed by atoms with E-state index in [1.165, 1.54) is 0 Å². The predicted molar refractivity (Wildman–Crippen MR) is 66.9 cm³/mol. The first-order valence-corrected chi connectivity index (χ1v) is 5.63. The highest BCUT2D eigenvalue weighted by Crippen LogP contribution is 2.27. The molecule has 7 heteroatoms. The molecule has 18 heavy (non-hydrogen) atoms. The van der Waals surface area contributed by atoms with Gasteiger partial charge < -0.3 is 15.2 Å². The number of hydrogen-bond donors (Lipinski definition) is 1. The molecule has 1 aromatic heterocycles. The van der Waals surface area contributed by atoms with Crippen LogP contribution in [0.15, 0.2) is 24.3 Å². The van der Waals surface area contributed by atoms with Gasteiger partial charge in [0.15, 0.2) is 0 Å². The molecule has 1 heterocycles. The van der Waals surface area contributed by atoms with E-state index in [4.69, 9.17) is 26.8 Å². The molecule has 1 aromatic carbocycles. The van der Waals surface area contributed by atoms with Crippen LogP contribution in [-0.4, -0.2) is 21.6 Å². The Balaban J connectivity index is 2.26. The van der Waals surface area contributed by atoms with Crippen molar-refractivity contribution >= 4 is 17.5 Å². The lowest BCUT2D eigenvalue weighted by molar-refractivity contribution is 0.304. The van der Waals surface area contributed by atoms with Gasteiger partial charge in [0, 0.05) is 0 Å². The Labute approximate surface area is 109 Å². The third kappa shape index (κ3) is 2.98. The minimum absolute atomic E-state index is 0.0236. The van der Waals surface area contributed by atoms with Crippen molar-refractivity contribution in [1.29, 1.82) is 0 Å². The lowest BCUT2D eigenvalue weighted by Gasteiger charge is -2.07. The molecule has 0 unspecified atom stereocenters. The van der Waals surface area contributed by atoms with E-state index in [0.717, 1.165) is 0 Å². The summed E-state index contributed by atoms with van der Waals surface area (Å²) in [5, 5.41) is 0.453. The monoisotopic (exact) mass is 266 g/mol. The lowest BCUT2D eigenvalue weighted by atomic mass is 10.3. The largest absolute Gasteiger partial charge is 0.464 e. The van der Waals surface area contributed by atoms with Crippen LogP contribution in [-0.2, 0) is 0 Å². The Morgan fingerprint density at radius 3 is 2.61 bits per heavy atom. The number of anilines is 1. The maximum absolute atomic E-state index is 5.96. The van der Waals surface area contributed by atoms with Crippen LogP contribution in [0.2, 0.25) is 5.02 Å². The highest BCUT2D eigenvalue weighted by molar-refractivity contribution is 6.32. The standard InChI is InChI=1S/C11H11ClN4O2/c1-2-17-10-14-9(13)15-11(16-10)18-8-6-4-3-5-7(8)12/h3-6H,2H2,1H3,(H2,13,14,15,16). The lowest BCUT2D eigenvalue weighted by Crippen LogP contribution is -2.04. The Morgan fingerprint density at radius 1 is 1.17 bits per heavy atom. The number of nitrogens with two attached hydrogens (primary N) is 1. The van der Waals surface area contributed by atoms with E-state index in [1.54, 1.807) is 24.3 Å². The number of hydrogen-bond acceptors (Lipinski definition) is 6. The Bertz CT molecular complexity index is 550. The summed E-state index contributed by atoms with van der Waals surface area (Å²) in [4.78, 5) is 11.6. The van der Waals surface area contributed by atoms with Crippen molar-refractivity contribution in [2.24, 2.45) is 0 Å². The number of aromatic nitrogens is 3. The van der Waals surface area contributed by atoms with Gasteiger partial charge in [-0.3, -0.25) is 0 Å². The summed E-state index contributed by atoms with van der Waals surface area (Å²) < 4.78 is 10.6. The maximum Gasteiger partial charge on any atom is 0.330 e. The molecule has 0 saturated carbocycles. The summed E-state index contributed by atoms with van der Waals surface area (Å²) in [6, 6.07) is 7.14. The zero-order chi connectivity index (χ0) is 13.0. The van der Waals surface area contributed by atoms with E-state index in [1.807, 2.05) is 6.92 Å². The topological polar surface area (TPSA) is 83.2 Å². The minimum atomic E-state index is 0.0236. The van der Waals surface area contributed by atoms with Crippen molar-refractivity contribution in [1.82, 2.24) is 15.0 Å². The molecule has 0 aliphatic rings. The molecular weight excluding hydrogens is 256 g/mol. The summed E-state index contributed by atoms with van der Waals surface area (Å²) in [7, 11) is 0. The maximum atomic E-state index is 5.96. The molecule has 94 valence electrons. The molecule has 2 aromatic rings. The molecule has 0 saturated heterocycles. The molecule has 2 N–H and O–H groups in total. The third-order valence-electron chi connectivity index (χ3n) is 1.92. The Morgan fingerprint density at radius 2 is 1.89 bits per heavy atom. The molecular formula is C11H11ClN4O2. The molecule has 0 atom stereocenters. The smallest absolute Gasteiger partial charge is 0.330 e. The first kappa shape index (κ1) is 12.4. The van der Waals surface area contributed by atoms with Gasteiger partial charge in [-0.15, -0.1) is 4.98 Å². The summed E-state index contributed by atoms with van der Waals surface area (Å²) in [6.07, 6.45) is 0. The van der Waals surface area contributed by atoms with Crippen molar-refractivity contribution < 1.29 is 9.47 Å². The van der Waals surface area contributed by atoms with E-state index < -0.39 is 0 Å². The average molecular weight is 267 g/mol. The SMILES string of the molecule is CCOc1nc(N)nc(Oc2ccccc2Cl)n1. The fraction of sp³-hybridized carbons (Fsp3) is 0.182. The average Bonchev–Trinajstić information content (AvgIpc) is 2.32. The van der Waals surface area contributed by atoms with Gasteiger partial charge in [-0.2, -0.15) is 9.97 Å². The van der Waals surface area contributed by atoms with E-state index >= 15 is 0 Å². The van der Waals surface area contributed by atoms with Crippen LogP contribution < -0.4 is 15.2 Å². The number of nitrogens with zero attached hydrogens (tertiary/aromatic N) is 3. The third-order valence-corrected chi connectivity index (χ3v) is 2.24. The first-order chi connectivity index (χ1) is 8.69. The van der Waals surface area contributed by atoms with E-state index in [-0.39, 0.29) is 18.0 Å². The van der Waals surface area contributed by atoms with Crippen LogP contribution in [0, 0.1) is 0 Å². The predicted octanol–water partition coefficient (Wildman–Crippen LogP) is 2.30. The fourth-order valence-corrected chi connectivity index (χ4v) is 1.39. The first-order valence-electron chi connectivity index (χ1n) is 5.25. The minimum Gasteiger partial charge on any atom is -0.464 e. The molecule has 0 radical (unpaired) electrons. The van der Waals surface area contributed by atoms with Gasteiger partial charge in [-0.05, 0) is 19.1 Å². The van der Waals surface area contributed by atoms with Gasteiger partial charge in [0.1, 0.15) is 5.75 Å². The van der Waals surface area contributed by atoms with E-state index in [9.17, 15) is 0 Å². The van der Waals surface area contributed by atoms with Crippen molar-refractivity contribution in [2.75, 3.05) is 12.3 Å². The zero-order valence-corrected chi connectivity index (χ0v) is 10.4. The highest BCUT2D eigenvalue weighted by Gasteiger charge is 2.09. The van der Waals surface area contributed by atoms with Gasteiger partial charge in [0.25, 0.3) is 0 Å². The number of rotatable bonds is 4. The Kier molecular flexibility index (Phi) is 3.78. The van der Waals surface area contributed by atoms with Crippen LogP contribution in [0.3, 0.4) is 0 Å². The number of halogens is 1. The summed E-state index contributed by atoms with van der Waals surface area (Å²) in [6.45, 7) is 2.24. The fourth-order valence-electron chi connectivity index (χ4n) is 1.22. The van der Waals surface area contributed by atoms with E-state index in [0.29, 0.717) is 17.4 Å². The van der Waals surface area contributed by atoms with Crippen LogP contribution >= 0.6 is 11.6 Å². The summed E-state index contributed by atoms with van der Waals surface area (Å²) >= 11 is 5.96. The molecule has 0 spiro atoms. The van der Waals surface area contributed by atoms with Gasteiger partial charge in [0.05, 0.1) is 11.6 Å². The van der Waals surface area contributed by atoms with E-state index in [2.05, 4.69) is 15.0 Å². The van der Waals surface area contributed by atoms with Crippen molar-refractivity contribution in [2.45, 2.75) is 6.92 Å². The molecule has 6 nitrogen and oxygen atoms in total. The van der Waals surface area contributed by atoms with Crippen molar-refractivity contribution in [3.05, 3.63) is 29.3 Å². The van der Waals surface area contributed by atoms with Crippen LogP contribution in [0.1, 0.15) is 6.92 Å². The second-order valence-electron chi connectivity index (χ2n) is 3.22. The molecule has 2 rings (SSSR count). The molecule has 0 amide bonds. The second-order valence-corrected chi connectivity index (χ2v) is 3.63. The van der Waals surface area contributed by atoms with Crippen molar-refractivity contribution in [3.8, 4) is 17.8 Å². The quantitative estimate of drug-likeness (QED) is 0.914.